The first kappa shape index (κ1) is 129. The number of likely N-dealkylation sites (tertiary alicyclic amines) is 2. The quantitative estimate of drug-likeness (QED) is 0.0677. The number of hydrogen-bond acceptors (Lipinski definition) is 8. The fourth-order valence-electron chi connectivity index (χ4n) is 13.8. The minimum absolute atomic E-state index is 0.241. The fraction of sp³-hybridized carbons (Fsp3) is 0.629. The van der Waals surface area contributed by atoms with E-state index in [4.69, 9.17) is 36.2 Å². The van der Waals surface area contributed by atoms with E-state index in [-0.39, 0.29) is 12.0 Å². The van der Waals surface area contributed by atoms with Gasteiger partial charge >= 0.3 is 0 Å². The van der Waals surface area contributed by atoms with Crippen molar-refractivity contribution in [1.29, 1.82) is 5.26 Å². The number of piperidine rings is 1. The number of nitriles is 1. The molecule has 4 aliphatic carbocycles. The van der Waals surface area contributed by atoms with Gasteiger partial charge in [-0.05, 0) is 350 Å². The van der Waals surface area contributed by atoms with Crippen LogP contribution in [0.4, 0.5) is 8.78 Å². The number of pyridine rings is 1. The van der Waals surface area contributed by atoms with Crippen LogP contribution < -0.4 is 4.74 Å². The van der Waals surface area contributed by atoms with Crippen LogP contribution >= 0.6 is 11.6 Å². The van der Waals surface area contributed by atoms with Crippen LogP contribution in [0.3, 0.4) is 0 Å². The third-order valence-electron chi connectivity index (χ3n) is 25.4. The molecule has 0 bridgehead atoms. The van der Waals surface area contributed by atoms with Crippen LogP contribution in [0.25, 0.3) is 0 Å². The van der Waals surface area contributed by atoms with Crippen LogP contribution in [-0.2, 0) is 22.5 Å². The predicted molar refractivity (Wildman–Crippen MR) is 589 cm³/mol. The topological polar surface area (TPSA) is 96.0 Å². The summed E-state index contributed by atoms with van der Waals surface area (Å²) in [5.41, 5.74) is 8.27. The number of rotatable bonds is 23. The second-order valence-electron chi connectivity index (χ2n) is 44.2. The number of aromatic nitrogens is 2. The van der Waals surface area contributed by atoms with Crippen molar-refractivity contribution in [2.45, 2.75) is 411 Å². The van der Waals surface area contributed by atoms with E-state index in [9.17, 15) is 8.78 Å². The van der Waals surface area contributed by atoms with Crippen LogP contribution in [0.2, 0.25) is 5.02 Å². The fourth-order valence-corrected chi connectivity index (χ4v) is 14.0. The average Bonchev–Trinajstić information content (AvgIpc) is 1.63. The molecule has 6 aromatic carbocycles. The van der Waals surface area contributed by atoms with E-state index >= 15 is 0 Å². The van der Waals surface area contributed by atoms with Gasteiger partial charge in [-0.3, -0.25) is 4.98 Å². The lowest BCUT2D eigenvalue weighted by Crippen LogP contribution is -2.38. The molecule has 2 atom stereocenters. The van der Waals surface area contributed by atoms with Crippen molar-refractivity contribution in [3.05, 3.63) is 263 Å². The molecule has 1 spiro atoms. The minimum atomic E-state index is -0.783. The monoisotopic (exact) mass is 1900 g/mol. The van der Waals surface area contributed by atoms with E-state index in [0.717, 1.165) is 100 Å². The van der Waals surface area contributed by atoms with Crippen molar-refractivity contribution in [3.63, 3.8) is 0 Å². The highest BCUT2D eigenvalue weighted by Gasteiger charge is 2.44. The Morgan fingerprint density at radius 1 is 0.456 bits per heavy atom. The van der Waals surface area contributed by atoms with Crippen molar-refractivity contribution in [1.82, 2.24) is 19.4 Å². The summed E-state index contributed by atoms with van der Waals surface area (Å²) < 4.78 is 43.3. The van der Waals surface area contributed by atoms with E-state index in [1.165, 1.54) is 144 Å². The van der Waals surface area contributed by atoms with Gasteiger partial charge in [-0.25, -0.2) is 8.78 Å². The number of nitrogens with zero attached hydrogens (tertiary/aromatic N) is 5. The van der Waals surface area contributed by atoms with Crippen LogP contribution in [-0.4, -0.2) is 93.2 Å². The molecule has 1 N–H and O–H groups in total. The number of fused-ring (bicyclic) bond motifs is 1. The van der Waals surface area contributed by atoms with E-state index in [1.807, 2.05) is 192 Å². The Balaban J connectivity index is 0.00000144. The molecular formula is C124H202ClF2N5O4. The second-order valence-corrected chi connectivity index (χ2v) is 44.7. The minimum Gasteiger partial charge on any atom is -0.491 e. The van der Waals surface area contributed by atoms with Crippen molar-refractivity contribution in [3.8, 4) is 11.8 Å². The van der Waals surface area contributed by atoms with Gasteiger partial charge in [0.05, 0.1) is 36.6 Å². The first-order chi connectivity index (χ1) is 63.9. The Morgan fingerprint density at radius 3 is 1.22 bits per heavy atom. The molecule has 0 radical (unpaired) electrons. The molecule has 4 saturated carbocycles. The van der Waals surface area contributed by atoms with E-state index < -0.39 is 17.2 Å². The number of aliphatic hydroxyl groups is 1. The third-order valence-corrected chi connectivity index (χ3v) is 25.6. The second kappa shape index (κ2) is 73.1. The molecule has 8 aromatic rings. The zero-order valence-electron chi connectivity index (χ0n) is 93.1. The standard InChI is InChI=1S/2C10H19N.C10H14O.C10H14.C9H11Cl.C9H10F2.C9H12O.C9H12.C8H11N.C8H18.C7H11N.C7H14O.C7H14.C6H14O.C5H9N/c1-9(2)11-7-5-10(3-4-10)6-8-11;1-8(2)11-6-9-4-3-5-10(9)7-11;1-9(2)11-8-10-6-4-3-5-7-10;1-9(2)8-10-6-4-3-5-7-10;1-7(2)8-4-3-5-9(10)6-8;1-6(2)7-3-4-8(10)9(11)5-7;1-8(2)10-9-6-4-3-5-7-9;1-8(2)9-6-4-3-5-7-9;1-7(2)8-5-3-4-6-9-8;1-6-8(4,5)7(2)3;1-7(2)8-5-3-4-6-8;1-6(2)8-5-7-3-4-7;1-6(2)5-7-3-4-7;1-5(2)6(3,4)7;1-5(2)3-4-6/h9H,3-8H2,1-2H3;8-10H,3-7H2,1-2H3;3-7,9H,8H2,1-2H3;3-7,9H,8H2,1-2H3;3-7H,1-2H3;3-6H,1-2H3;3-8H,1-2H3;3-8H,1-2H3;3-7H,1-2H3;7H,6H2,1-5H3;3-7H,1-2H3;6-7H,3-5H2,1-2H3;6-7H,3-5H2,1-2H3;5,7H,1-4H3;5H,3H2,1-2H3. The number of hydrogen-bond donors (Lipinski definition) is 1. The summed E-state index contributed by atoms with van der Waals surface area (Å²) in [6.07, 6.45) is 28.0. The van der Waals surface area contributed by atoms with Crippen molar-refractivity contribution >= 4 is 11.6 Å². The zero-order chi connectivity index (χ0) is 103. The Labute approximate surface area is 841 Å². The molecule has 0 amide bonds. The highest BCUT2D eigenvalue weighted by atomic mass is 35.5. The Hall–Kier alpha value is -7.01. The number of ether oxygens (including phenoxy) is 3. The molecule has 2 saturated heterocycles. The van der Waals surface area contributed by atoms with Gasteiger partial charge in [0.25, 0.3) is 0 Å². The SMILES string of the molecule is CC(C)C(C)(C)O.CC(C)CC#N.CC(C)CC1CC1.CC(C)Cc1ccccc1.CC(C)N1CC2CCCC2C1.CC(C)N1CCC2(CC1)CC2.CC(C)OCC1CC1.CC(C)OCc1ccccc1.CC(C)Oc1ccccc1.CC(C)c1ccc(F)c(F)c1.CC(C)c1cccc(Cl)c1.CC(C)c1ccccc1.CC(C)c1ccccn1.CC(C)n1cccc1.CCC(C)(C)C(C)C. The molecular weight excluding hydrogens is 1700 g/mol. The summed E-state index contributed by atoms with van der Waals surface area (Å²) in [7, 11) is 0. The molecule has 136 heavy (non-hydrogen) atoms. The maximum Gasteiger partial charge on any atom is 0.159 e. The highest BCUT2D eigenvalue weighted by Crippen LogP contribution is 2.54. The van der Waals surface area contributed by atoms with Crippen LogP contribution in [0, 0.1) is 87.1 Å². The molecule has 6 aliphatic rings. The van der Waals surface area contributed by atoms with E-state index in [0.29, 0.717) is 59.7 Å². The summed E-state index contributed by atoms with van der Waals surface area (Å²) in [4.78, 5) is 9.44. The summed E-state index contributed by atoms with van der Waals surface area (Å²) in [6, 6.07) is 67.4. The lowest BCUT2D eigenvalue weighted by Gasteiger charge is -2.34. The summed E-state index contributed by atoms with van der Waals surface area (Å²) in [6.45, 7) is 82.2. The first-order valence-corrected chi connectivity index (χ1v) is 53.1. The Kier molecular flexibility index (Phi) is 69.4. The summed E-state index contributed by atoms with van der Waals surface area (Å²) >= 11 is 5.79. The first-order valence-electron chi connectivity index (χ1n) is 52.8. The molecule has 9 nitrogen and oxygen atoms in total. The highest BCUT2D eigenvalue weighted by molar-refractivity contribution is 6.30. The lowest BCUT2D eigenvalue weighted by molar-refractivity contribution is 0.0327. The number of halogens is 3. The molecule has 12 heteroatoms. The van der Waals surface area contributed by atoms with Gasteiger partial charge in [-0.2, -0.15) is 5.26 Å². The van der Waals surface area contributed by atoms with Gasteiger partial charge < -0.3 is 33.7 Å². The molecule has 2 aromatic heterocycles. The zero-order valence-corrected chi connectivity index (χ0v) is 93.8. The predicted octanol–water partition coefficient (Wildman–Crippen LogP) is 36.3. The van der Waals surface area contributed by atoms with Crippen LogP contribution in [0.1, 0.15) is 395 Å². The van der Waals surface area contributed by atoms with Gasteiger partial charge in [0.1, 0.15) is 5.75 Å². The normalized spacial score (nSPS) is 15.4. The molecule has 768 valence electrons. The summed E-state index contributed by atoms with van der Waals surface area (Å²) in [5.74, 6) is 8.99. The Morgan fingerprint density at radius 2 is 0.912 bits per heavy atom. The van der Waals surface area contributed by atoms with Crippen molar-refractivity contribution < 1.29 is 28.1 Å². The smallest absolute Gasteiger partial charge is 0.159 e. The maximum absolute atomic E-state index is 12.6. The third kappa shape index (κ3) is 68.1. The molecule has 4 heterocycles. The lowest BCUT2D eigenvalue weighted by atomic mass is 9.79. The Bertz CT molecular complexity index is 4010. The van der Waals surface area contributed by atoms with Crippen molar-refractivity contribution in [2.75, 3.05) is 32.8 Å². The van der Waals surface area contributed by atoms with E-state index in [1.54, 1.807) is 6.07 Å². The summed E-state index contributed by atoms with van der Waals surface area (Å²) in [5, 5.41) is 17.9. The molecule has 2 unspecified atom stereocenters. The van der Waals surface area contributed by atoms with E-state index in [2.05, 4.69) is 270 Å². The van der Waals surface area contributed by atoms with Gasteiger partial charge in [0, 0.05) is 73.5 Å². The van der Waals surface area contributed by atoms with Gasteiger partial charge in [0.2, 0.25) is 0 Å². The van der Waals surface area contributed by atoms with Crippen LogP contribution in [0.5, 0.6) is 5.75 Å². The van der Waals surface area contributed by atoms with Gasteiger partial charge in [-0.15, -0.1) is 0 Å². The molecule has 6 fully saturated rings. The molecule has 2 aliphatic heterocycles. The van der Waals surface area contributed by atoms with Gasteiger partial charge in [0.15, 0.2) is 11.6 Å². The largest absolute Gasteiger partial charge is 0.491 e. The maximum atomic E-state index is 12.6. The average molecular weight is 1900 g/mol. The van der Waals surface area contributed by atoms with Crippen molar-refractivity contribution in [2.24, 2.45) is 64.1 Å². The van der Waals surface area contributed by atoms with Gasteiger partial charge in [-0.1, -0.05) is 316 Å². The number of benzene rings is 6. The number of para-hydroxylation sites is 1. The van der Waals surface area contributed by atoms with Crippen LogP contribution in [0.15, 0.2) is 213 Å². The molecule has 14 rings (SSSR count).